The molecule has 1 rings (SSSR count). The number of esters is 1. The van der Waals surface area contributed by atoms with E-state index >= 15 is 0 Å². The minimum absolute atomic E-state index is 0.00626. The molecule has 1 aromatic rings. The molecule has 5 heteroatoms. The van der Waals surface area contributed by atoms with Crippen LogP contribution in [0.4, 0.5) is 0 Å². The summed E-state index contributed by atoms with van der Waals surface area (Å²) in [7, 11) is 1.26. The van der Waals surface area contributed by atoms with Gasteiger partial charge in [-0.15, -0.1) is 0 Å². The maximum Gasteiger partial charge on any atom is 0.325 e. The third-order valence-electron chi connectivity index (χ3n) is 2.22. The summed E-state index contributed by atoms with van der Waals surface area (Å²) in [5.74, 6) is 4.73. The van der Waals surface area contributed by atoms with Crippen LogP contribution in [0.3, 0.4) is 0 Å². The first-order valence-corrected chi connectivity index (χ1v) is 5.72. The van der Waals surface area contributed by atoms with Crippen molar-refractivity contribution in [3.63, 3.8) is 0 Å². The number of hydrogen-bond acceptors (Lipinski definition) is 4. The van der Waals surface area contributed by atoms with Crippen molar-refractivity contribution in [2.75, 3.05) is 20.3 Å². The molecule has 0 bridgehead atoms. The van der Waals surface area contributed by atoms with Gasteiger partial charge < -0.3 is 15.2 Å². The number of aliphatic hydroxyl groups excluding tert-OH is 1. The van der Waals surface area contributed by atoms with E-state index in [0.29, 0.717) is 17.5 Å². The number of rotatable bonds is 4. The Hall–Kier alpha value is -2.32. The molecule has 0 fully saturated rings. The van der Waals surface area contributed by atoms with E-state index < -0.39 is 5.97 Å². The fourth-order valence-corrected chi connectivity index (χ4v) is 1.29. The van der Waals surface area contributed by atoms with Crippen LogP contribution >= 0.6 is 0 Å². The van der Waals surface area contributed by atoms with Crippen molar-refractivity contribution in [2.24, 2.45) is 0 Å². The maximum atomic E-state index is 11.7. The topological polar surface area (TPSA) is 75.6 Å². The van der Waals surface area contributed by atoms with Crippen molar-refractivity contribution in [1.29, 1.82) is 0 Å². The number of amides is 1. The average Bonchev–Trinajstić information content (AvgIpc) is 2.45. The molecule has 100 valence electrons. The lowest BCUT2D eigenvalue weighted by atomic mass is 10.1. The molecule has 19 heavy (non-hydrogen) atoms. The SMILES string of the molecule is COC(=O)CNC(=O)c1cccc(C#CCCO)c1. The average molecular weight is 261 g/mol. The summed E-state index contributed by atoms with van der Waals surface area (Å²) >= 11 is 0. The Morgan fingerprint density at radius 3 is 2.89 bits per heavy atom. The van der Waals surface area contributed by atoms with Crippen molar-refractivity contribution in [2.45, 2.75) is 6.42 Å². The second-order valence-electron chi connectivity index (χ2n) is 3.61. The molecular weight excluding hydrogens is 246 g/mol. The van der Waals surface area contributed by atoms with Crippen molar-refractivity contribution in [3.8, 4) is 11.8 Å². The molecule has 1 amide bonds. The third kappa shape index (κ3) is 5.23. The molecule has 2 N–H and O–H groups in total. The predicted octanol–water partition coefficient (Wildman–Crippen LogP) is 0.323. The van der Waals surface area contributed by atoms with E-state index in [4.69, 9.17) is 5.11 Å². The highest BCUT2D eigenvalue weighted by atomic mass is 16.5. The predicted molar refractivity (Wildman–Crippen MR) is 69.4 cm³/mol. The zero-order valence-corrected chi connectivity index (χ0v) is 10.6. The minimum Gasteiger partial charge on any atom is -0.468 e. The van der Waals surface area contributed by atoms with E-state index in [1.54, 1.807) is 24.3 Å². The zero-order chi connectivity index (χ0) is 14.1. The van der Waals surface area contributed by atoms with Gasteiger partial charge in [-0.3, -0.25) is 9.59 Å². The number of benzene rings is 1. The van der Waals surface area contributed by atoms with Crippen LogP contribution in [0.15, 0.2) is 24.3 Å². The Morgan fingerprint density at radius 2 is 2.21 bits per heavy atom. The van der Waals surface area contributed by atoms with E-state index in [1.165, 1.54) is 7.11 Å². The fraction of sp³-hybridized carbons (Fsp3) is 0.286. The summed E-state index contributed by atoms with van der Waals surface area (Å²) in [5, 5.41) is 11.1. The molecular formula is C14H15NO4. The Bertz CT molecular complexity index is 514. The fourth-order valence-electron chi connectivity index (χ4n) is 1.29. The standard InChI is InChI=1S/C14H15NO4/c1-19-13(17)10-15-14(18)12-7-4-6-11(9-12)5-2-3-8-16/h4,6-7,9,16H,3,8,10H2,1H3,(H,15,18). The second kappa shape index (κ2) is 7.90. The van der Waals surface area contributed by atoms with Crippen LogP contribution in [-0.2, 0) is 9.53 Å². The quantitative estimate of drug-likeness (QED) is 0.604. The van der Waals surface area contributed by atoms with Crippen molar-refractivity contribution < 1.29 is 19.4 Å². The van der Waals surface area contributed by atoms with Gasteiger partial charge in [0.2, 0.25) is 0 Å². The lowest BCUT2D eigenvalue weighted by Gasteiger charge is -2.04. The number of ether oxygens (including phenoxy) is 1. The van der Waals surface area contributed by atoms with E-state index in [2.05, 4.69) is 21.9 Å². The van der Waals surface area contributed by atoms with Gasteiger partial charge in [0.1, 0.15) is 6.54 Å². The Morgan fingerprint density at radius 1 is 1.42 bits per heavy atom. The van der Waals surface area contributed by atoms with Gasteiger partial charge in [-0.05, 0) is 18.2 Å². The molecule has 0 atom stereocenters. The monoisotopic (exact) mass is 261 g/mol. The summed E-state index contributed by atoms with van der Waals surface area (Å²) in [6, 6.07) is 6.72. The summed E-state index contributed by atoms with van der Waals surface area (Å²) in [5.41, 5.74) is 1.10. The van der Waals surface area contributed by atoms with Gasteiger partial charge in [0.15, 0.2) is 0 Å². The molecule has 0 aliphatic rings. The van der Waals surface area contributed by atoms with Crippen LogP contribution in [0, 0.1) is 11.8 Å². The summed E-state index contributed by atoms with van der Waals surface area (Å²) in [6.45, 7) is -0.165. The van der Waals surface area contributed by atoms with Crippen LogP contribution in [0.1, 0.15) is 22.3 Å². The van der Waals surface area contributed by atoms with Gasteiger partial charge in [0.05, 0.1) is 13.7 Å². The van der Waals surface area contributed by atoms with Crippen LogP contribution in [0.5, 0.6) is 0 Å². The van der Waals surface area contributed by atoms with Gasteiger partial charge in [-0.25, -0.2) is 0 Å². The smallest absolute Gasteiger partial charge is 0.325 e. The van der Waals surface area contributed by atoms with Crippen molar-refractivity contribution in [3.05, 3.63) is 35.4 Å². The number of aliphatic hydroxyl groups is 1. The van der Waals surface area contributed by atoms with E-state index in [0.717, 1.165) is 0 Å². The number of carbonyl (C=O) groups is 2. The molecule has 0 radical (unpaired) electrons. The van der Waals surface area contributed by atoms with E-state index in [1.807, 2.05) is 0 Å². The molecule has 0 saturated carbocycles. The highest BCUT2D eigenvalue weighted by molar-refractivity contribution is 5.96. The van der Waals surface area contributed by atoms with Gasteiger partial charge in [0.25, 0.3) is 5.91 Å². The third-order valence-corrected chi connectivity index (χ3v) is 2.22. The first-order valence-electron chi connectivity index (χ1n) is 5.72. The summed E-state index contributed by atoms with van der Waals surface area (Å²) in [4.78, 5) is 22.6. The molecule has 0 unspecified atom stereocenters. The first kappa shape index (κ1) is 14.7. The Kier molecular flexibility index (Phi) is 6.13. The highest BCUT2D eigenvalue weighted by Gasteiger charge is 2.07. The Labute approximate surface area is 111 Å². The second-order valence-corrected chi connectivity index (χ2v) is 3.61. The maximum absolute atomic E-state index is 11.7. The molecule has 0 aliphatic carbocycles. The zero-order valence-electron chi connectivity index (χ0n) is 10.6. The van der Waals surface area contributed by atoms with Gasteiger partial charge in [0, 0.05) is 17.5 Å². The molecule has 0 spiro atoms. The molecule has 1 aromatic carbocycles. The molecule has 0 heterocycles. The van der Waals surface area contributed by atoms with Crippen molar-refractivity contribution >= 4 is 11.9 Å². The van der Waals surface area contributed by atoms with Crippen molar-refractivity contribution in [1.82, 2.24) is 5.32 Å². The lowest BCUT2D eigenvalue weighted by Crippen LogP contribution is -2.30. The van der Waals surface area contributed by atoms with E-state index in [9.17, 15) is 9.59 Å². The van der Waals surface area contributed by atoms with Crippen LogP contribution in [-0.4, -0.2) is 37.2 Å². The van der Waals surface area contributed by atoms with E-state index in [-0.39, 0.29) is 19.1 Å². The largest absolute Gasteiger partial charge is 0.468 e. The van der Waals surface area contributed by atoms with Crippen LogP contribution in [0.2, 0.25) is 0 Å². The van der Waals surface area contributed by atoms with Gasteiger partial charge in [-0.2, -0.15) is 0 Å². The van der Waals surface area contributed by atoms with Gasteiger partial charge >= 0.3 is 5.97 Å². The molecule has 5 nitrogen and oxygen atoms in total. The number of carbonyl (C=O) groups excluding carboxylic acids is 2. The summed E-state index contributed by atoms with van der Waals surface area (Å²) < 4.78 is 4.43. The lowest BCUT2D eigenvalue weighted by molar-refractivity contribution is -0.139. The summed E-state index contributed by atoms with van der Waals surface area (Å²) in [6.07, 6.45) is 0.388. The van der Waals surface area contributed by atoms with Crippen LogP contribution < -0.4 is 5.32 Å². The first-order chi connectivity index (χ1) is 9.17. The highest BCUT2D eigenvalue weighted by Crippen LogP contribution is 2.04. The molecule has 0 saturated heterocycles. The Balaban J connectivity index is 2.68. The minimum atomic E-state index is -0.507. The number of nitrogens with one attached hydrogen (secondary N) is 1. The number of hydrogen-bond donors (Lipinski definition) is 2. The number of methoxy groups -OCH3 is 1. The molecule has 0 aliphatic heterocycles. The normalized spacial score (nSPS) is 9.16. The van der Waals surface area contributed by atoms with Gasteiger partial charge in [-0.1, -0.05) is 17.9 Å². The van der Waals surface area contributed by atoms with Crippen LogP contribution in [0.25, 0.3) is 0 Å². The molecule has 0 aromatic heterocycles.